The predicted octanol–water partition coefficient (Wildman–Crippen LogP) is -4.26. The molecule has 0 bridgehead atoms. The van der Waals surface area contributed by atoms with Crippen LogP contribution in [-0.4, -0.2) is 188 Å². The Morgan fingerprint density at radius 1 is 0.591 bits per heavy atom. The molecule has 1 aromatic carbocycles. The molecule has 93 heavy (non-hydrogen) atoms. The van der Waals surface area contributed by atoms with E-state index >= 15 is 0 Å². The number of nitro benzene ring substituents is 1. The monoisotopic (exact) mass is 1310 g/mol. The number of aromatic nitrogens is 2. The van der Waals surface area contributed by atoms with Gasteiger partial charge >= 0.3 is 5.97 Å². The molecule has 0 saturated heterocycles. The van der Waals surface area contributed by atoms with Gasteiger partial charge in [-0.25, -0.2) is 4.98 Å². The normalized spacial score (nSPS) is 14.7. The number of benzene rings is 1. The van der Waals surface area contributed by atoms with E-state index in [2.05, 4.69) is 68.1 Å². The summed E-state index contributed by atoms with van der Waals surface area (Å²) in [5, 5.41) is 56.0. The van der Waals surface area contributed by atoms with Crippen molar-refractivity contribution in [3.05, 3.63) is 58.2 Å². The minimum absolute atomic E-state index is 0.0109. The van der Waals surface area contributed by atoms with Gasteiger partial charge in [0.25, 0.3) is 5.69 Å². The van der Waals surface area contributed by atoms with Gasteiger partial charge in [0.1, 0.15) is 60.4 Å². The smallest absolute Gasteiger partial charge is 0.303 e. The Labute approximate surface area is 538 Å². The van der Waals surface area contributed by atoms with E-state index in [1.165, 1.54) is 38.5 Å². The van der Waals surface area contributed by atoms with Gasteiger partial charge in [-0.2, -0.15) is 0 Å². The van der Waals surface area contributed by atoms with Crippen molar-refractivity contribution in [1.82, 2.24) is 63.1 Å². The van der Waals surface area contributed by atoms with Crippen LogP contribution in [0.15, 0.2) is 41.8 Å². The highest BCUT2D eigenvalue weighted by Gasteiger charge is 2.36. The number of hydrogen-bond donors (Lipinski definition) is 18. The topological polar surface area (TPSA) is 580 Å². The SMILES string of the molecule is CCCC[C@H](NC(=O)[C@H](C)NC(=O)[C@@H](CCC(=O)O)NC(=O)[C@H](Cc1ccc([N+](=O)[O-])cc1)NC(=O)[C@H](CC(C)C)NC(=O)[C@H](NC(=O)[C@H](CCCN=C(N)N)NC(=O)[C@H](C)NC(=O)[C@H](CCCCN)NC(=O)[C@@H](N)Cc1cnc[nH]1)C(C)C)C(=O)N[C@@H](CO)C(N)=O. The third-order valence-corrected chi connectivity index (χ3v) is 14.4. The van der Waals surface area contributed by atoms with E-state index in [0.717, 1.165) is 12.1 Å². The molecule has 0 unspecified atom stereocenters. The number of nitrogens with two attached hydrogens (primary N) is 5. The Morgan fingerprint density at radius 2 is 1.06 bits per heavy atom. The van der Waals surface area contributed by atoms with E-state index in [9.17, 15) is 77.9 Å². The summed E-state index contributed by atoms with van der Waals surface area (Å²) < 4.78 is 0. The van der Waals surface area contributed by atoms with Crippen molar-refractivity contribution in [3.8, 4) is 0 Å². The van der Waals surface area contributed by atoms with Gasteiger partial charge in [0, 0.05) is 49.8 Å². The van der Waals surface area contributed by atoms with Crippen molar-refractivity contribution in [2.45, 2.75) is 198 Å². The lowest BCUT2D eigenvalue weighted by Gasteiger charge is -2.29. The van der Waals surface area contributed by atoms with E-state index in [-0.39, 0.29) is 68.2 Å². The van der Waals surface area contributed by atoms with Crippen LogP contribution in [0.1, 0.15) is 130 Å². The summed E-state index contributed by atoms with van der Waals surface area (Å²) in [7, 11) is 0. The fourth-order valence-corrected chi connectivity index (χ4v) is 9.08. The maximum absolute atomic E-state index is 14.6. The van der Waals surface area contributed by atoms with E-state index < -0.39 is 174 Å². The number of H-pyrrole nitrogens is 1. The number of carboxylic acids is 1. The first-order valence-electron chi connectivity index (χ1n) is 30.7. The first-order valence-corrected chi connectivity index (χ1v) is 30.7. The average Bonchev–Trinajstić information content (AvgIpc) is 1.22. The molecule has 11 atom stereocenters. The zero-order chi connectivity index (χ0) is 70.1. The number of amides is 11. The minimum Gasteiger partial charge on any atom is -0.481 e. The van der Waals surface area contributed by atoms with E-state index in [4.69, 9.17) is 28.7 Å². The molecule has 518 valence electrons. The number of imidazole rings is 1. The highest BCUT2D eigenvalue weighted by atomic mass is 16.6. The van der Waals surface area contributed by atoms with Crippen molar-refractivity contribution in [2.75, 3.05) is 19.7 Å². The molecule has 35 nitrogen and oxygen atoms in total. The molecule has 23 N–H and O–H groups in total. The first kappa shape index (κ1) is 79.7. The van der Waals surface area contributed by atoms with Gasteiger partial charge in [0.05, 0.1) is 23.9 Å². The molecule has 0 aliphatic heterocycles. The van der Waals surface area contributed by atoms with Crippen LogP contribution in [-0.2, 0) is 70.4 Å². The van der Waals surface area contributed by atoms with Gasteiger partial charge in [-0.1, -0.05) is 59.6 Å². The molecule has 1 aromatic heterocycles. The molecule has 0 fully saturated rings. The molecule has 2 aromatic rings. The Kier molecular flexibility index (Phi) is 35.3. The second-order valence-corrected chi connectivity index (χ2v) is 23.2. The number of aliphatic hydroxyl groups excluding tert-OH is 1. The number of aliphatic carboxylic acids is 1. The van der Waals surface area contributed by atoms with Gasteiger partial charge in [-0.05, 0) is 89.2 Å². The maximum Gasteiger partial charge on any atom is 0.303 e. The number of guanidine groups is 1. The molecule has 0 saturated carbocycles. The molecule has 11 amide bonds. The average molecular weight is 1310 g/mol. The lowest BCUT2D eigenvalue weighted by atomic mass is 9.98. The summed E-state index contributed by atoms with van der Waals surface area (Å²) in [6, 6.07) is -10.5. The van der Waals surface area contributed by atoms with Gasteiger partial charge in [0.2, 0.25) is 65.0 Å². The number of hydrogen-bond acceptors (Lipinski definition) is 19. The number of primary amides is 1. The lowest BCUT2D eigenvalue weighted by molar-refractivity contribution is -0.384. The molecular weight excluding hydrogens is 1220 g/mol. The number of carboxylic acid groups (broad SMARTS) is 1. The van der Waals surface area contributed by atoms with Gasteiger partial charge < -0.3 is 97.0 Å². The van der Waals surface area contributed by atoms with Crippen molar-refractivity contribution < 1.29 is 72.7 Å². The quantitative estimate of drug-likeness (QED) is 0.00982. The largest absolute Gasteiger partial charge is 0.481 e. The van der Waals surface area contributed by atoms with Crippen molar-refractivity contribution in [2.24, 2.45) is 45.5 Å². The molecule has 0 radical (unpaired) electrons. The van der Waals surface area contributed by atoms with Gasteiger partial charge in [0.15, 0.2) is 5.96 Å². The summed E-state index contributed by atoms with van der Waals surface area (Å²) >= 11 is 0. The van der Waals surface area contributed by atoms with Gasteiger partial charge in [-0.3, -0.25) is 72.6 Å². The van der Waals surface area contributed by atoms with Crippen molar-refractivity contribution >= 4 is 82.6 Å². The minimum atomic E-state index is -1.71. The standard InChI is InChI=1S/C58H95N19O16/c1-8-9-13-38(53(87)75-44(28-78)47(61)81)69-48(82)33(7)68-52(86)41(20-21-45(79)80)72-56(90)43(25-34-16-18-36(19-17-34)77(92)93)73-55(89)42(24-30(2)3)74-57(91)46(31(4)5)76-54(88)40(15-12-23-65-58(62)63)70-49(83)32(6)67-51(85)39(14-10-11-22-59)71-50(84)37(60)26-35-27-64-29-66-35/h16-19,27,29-33,37-44,46,78H,8-15,20-26,28,59-60H2,1-7H3,(H2,61,81)(H,64,66)(H,67,85)(H,68,86)(H,69,82)(H,70,83)(H,71,84)(H,72,90)(H,73,89)(H,74,91)(H,75,87)(H,76,88)(H,79,80)(H4,62,63,65)/t32-,33-,37-,38-,39-,40-,41+,42-,43-,44-,46+/m0/s1. The van der Waals surface area contributed by atoms with Crippen LogP contribution in [0.2, 0.25) is 0 Å². The molecule has 2 rings (SSSR count). The number of aliphatic hydroxyl groups is 1. The number of aromatic amines is 1. The molecule has 0 aliphatic carbocycles. The predicted molar refractivity (Wildman–Crippen MR) is 338 cm³/mol. The van der Waals surface area contributed by atoms with Crippen LogP contribution < -0.4 is 81.8 Å². The zero-order valence-electron chi connectivity index (χ0n) is 53.6. The van der Waals surface area contributed by atoms with Crippen LogP contribution >= 0.6 is 0 Å². The summed E-state index contributed by atoms with van der Waals surface area (Å²) in [5.74, 6) is -12.6. The second kappa shape index (κ2) is 41.2. The molecule has 1 heterocycles. The molecule has 0 aliphatic rings. The Balaban J connectivity index is 2.48. The molecule has 0 spiro atoms. The highest BCUT2D eigenvalue weighted by molar-refractivity contribution is 5.99. The third kappa shape index (κ3) is 29.6. The molecule has 35 heteroatoms. The van der Waals surface area contributed by atoms with E-state index in [1.54, 1.807) is 34.6 Å². The fraction of sp³-hybridized carbons (Fsp3) is 0.621. The number of aliphatic imine (C=N–C) groups is 1. The van der Waals surface area contributed by atoms with Crippen LogP contribution in [0.3, 0.4) is 0 Å². The fourth-order valence-electron chi connectivity index (χ4n) is 9.08. The number of rotatable bonds is 44. The summed E-state index contributed by atoms with van der Waals surface area (Å²) in [4.78, 5) is 184. The van der Waals surface area contributed by atoms with E-state index in [0.29, 0.717) is 37.9 Å². The van der Waals surface area contributed by atoms with Crippen LogP contribution in [0.25, 0.3) is 0 Å². The van der Waals surface area contributed by atoms with Crippen LogP contribution in [0.4, 0.5) is 5.69 Å². The third-order valence-electron chi connectivity index (χ3n) is 14.4. The Bertz CT molecular complexity index is 2850. The second-order valence-electron chi connectivity index (χ2n) is 23.2. The van der Waals surface area contributed by atoms with Gasteiger partial charge in [-0.15, -0.1) is 0 Å². The maximum atomic E-state index is 14.6. The Hall–Kier alpha value is -9.38. The highest BCUT2D eigenvalue weighted by Crippen LogP contribution is 2.16. The first-order chi connectivity index (χ1) is 43.8. The number of nitrogens with one attached hydrogen (secondary N) is 11. The number of carbonyl (C=O) groups is 12. The molecular formula is C58H95N19O16. The van der Waals surface area contributed by atoms with Crippen LogP contribution in [0.5, 0.6) is 0 Å². The lowest BCUT2D eigenvalue weighted by Crippen LogP contribution is -2.61. The van der Waals surface area contributed by atoms with E-state index in [1.807, 2.05) is 0 Å². The number of nitro groups is 1. The number of carbonyl (C=O) groups excluding carboxylic acids is 11. The van der Waals surface area contributed by atoms with Crippen molar-refractivity contribution in [3.63, 3.8) is 0 Å². The van der Waals surface area contributed by atoms with Crippen LogP contribution in [0, 0.1) is 22.0 Å². The number of non-ortho nitro benzene ring substituents is 1. The number of unbranched alkanes of at least 4 members (excludes halogenated alkanes) is 2. The number of nitrogens with zero attached hydrogens (tertiary/aromatic N) is 3. The summed E-state index contributed by atoms with van der Waals surface area (Å²) in [6.07, 6.45) is 3.38. The zero-order valence-corrected chi connectivity index (χ0v) is 53.6. The summed E-state index contributed by atoms with van der Waals surface area (Å²) in [5.41, 5.74) is 28.6. The Morgan fingerprint density at radius 3 is 1.55 bits per heavy atom. The summed E-state index contributed by atoms with van der Waals surface area (Å²) in [6.45, 7) is 10.5. The van der Waals surface area contributed by atoms with Crippen molar-refractivity contribution in [1.29, 1.82) is 0 Å².